The number of fused-ring (bicyclic) bond motifs is 1. The summed E-state index contributed by atoms with van der Waals surface area (Å²) >= 11 is 6.28. The molecule has 0 bridgehead atoms. The molecule has 0 saturated heterocycles. The molecule has 2 aromatic heterocycles. The van der Waals surface area contributed by atoms with Gasteiger partial charge in [0.25, 0.3) is 0 Å². The Morgan fingerprint density at radius 3 is 2.60 bits per heavy atom. The van der Waals surface area contributed by atoms with Gasteiger partial charge >= 0.3 is 0 Å². The maximum Gasteiger partial charge on any atom is 0.157 e. The van der Waals surface area contributed by atoms with Crippen LogP contribution in [0.25, 0.3) is 16.9 Å². The highest BCUT2D eigenvalue weighted by Crippen LogP contribution is 2.33. The van der Waals surface area contributed by atoms with Crippen molar-refractivity contribution in [2.45, 2.75) is 26.2 Å². The second-order valence-corrected chi connectivity index (χ2v) is 6.25. The summed E-state index contributed by atoms with van der Waals surface area (Å²) in [6.07, 6.45) is 1.70. The quantitative estimate of drug-likeness (QED) is 0.622. The molecule has 0 unspecified atom stereocenters. The second kappa shape index (κ2) is 4.60. The lowest BCUT2D eigenvalue weighted by atomic mass is 9.83. The Morgan fingerprint density at radius 1 is 1.10 bits per heavy atom. The van der Waals surface area contributed by atoms with E-state index in [0.29, 0.717) is 5.15 Å². The summed E-state index contributed by atoms with van der Waals surface area (Å²) in [5.74, 6) is 0. The highest BCUT2D eigenvalue weighted by molar-refractivity contribution is 6.30. The number of aromatic nitrogens is 3. The molecule has 102 valence electrons. The van der Waals surface area contributed by atoms with E-state index in [1.54, 1.807) is 10.7 Å². The third kappa shape index (κ3) is 2.18. The third-order valence-corrected chi connectivity index (χ3v) is 3.60. The van der Waals surface area contributed by atoms with Crippen LogP contribution in [0.15, 0.2) is 42.6 Å². The topological polar surface area (TPSA) is 30.2 Å². The van der Waals surface area contributed by atoms with Gasteiger partial charge in [0, 0.05) is 17.7 Å². The van der Waals surface area contributed by atoms with Crippen LogP contribution in [-0.4, -0.2) is 14.6 Å². The van der Waals surface area contributed by atoms with E-state index >= 15 is 0 Å². The third-order valence-electron chi connectivity index (χ3n) is 3.33. The van der Waals surface area contributed by atoms with E-state index < -0.39 is 0 Å². The van der Waals surface area contributed by atoms with Gasteiger partial charge < -0.3 is 0 Å². The van der Waals surface area contributed by atoms with E-state index in [1.165, 1.54) is 5.56 Å². The zero-order valence-corrected chi connectivity index (χ0v) is 12.5. The van der Waals surface area contributed by atoms with Gasteiger partial charge in [-0.25, -0.2) is 9.50 Å². The predicted octanol–water partition coefficient (Wildman–Crippen LogP) is 4.35. The van der Waals surface area contributed by atoms with Crippen LogP contribution in [0.5, 0.6) is 0 Å². The molecule has 0 fully saturated rings. The first kappa shape index (κ1) is 13.1. The summed E-state index contributed by atoms with van der Waals surface area (Å²) in [4.78, 5) is 4.66. The van der Waals surface area contributed by atoms with Crippen LogP contribution in [0.4, 0.5) is 0 Å². The fraction of sp³-hybridized carbons (Fsp3) is 0.250. The summed E-state index contributed by atoms with van der Waals surface area (Å²) in [7, 11) is 0. The van der Waals surface area contributed by atoms with Crippen LogP contribution in [0.1, 0.15) is 26.3 Å². The zero-order chi connectivity index (χ0) is 14.3. The van der Waals surface area contributed by atoms with Gasteiger partial charge in [0.2, 0.25) is 0 Å². The highest BCUT2D eigenvalue weighted by Gasteiger charge is 2.19. The van der Waals surface area contributed by atoms with Crippen LogP contribution < -0.4 is 0 Å². The van der Waals surface area contributed by atoms with Crippen molar-refractivity contribution in [3.8, 4) is 11.3 Å². The minimum absolute atomic E-state index is 0.0527. The molecule has 0 amide bonds. The van der Waals surface area contributed by atoms with Gasteiger partial charge in [-0.05, 0) is 11.0 Å². The number of benzene rings is 1. The van der Waals surface area contributed by atoms with E-state index in [2.05, 4.69) is 49.1 Å². The van der Waals surface area contributed by atoms with Crippen molar-refractivity contribution >= 4 is 17.2 Å². The average molecular weight is 286 g/mol. The van der Waals surface area contributed by atoms with Gasteiger partial charge in [-0.3, -0.25) is 0 Å². The van der Waals surface area contributed by atoms with Crippen molar-refractivity contribution in [1.82, 2.24) is 14.6 Å². The van der Waals surface area contributed by atoms with Gasteiger partial charge in [-0.2, -0.15) is 5.10 Å². The molecule has 3 aromatic rings. The Morgan fingerprint density at radius 2 is 1.85 bits per heavy atom. The minimum atomic E-state index is 0.0527. The van der Waals surface area contributed by atoms with Crippen molar-refractivity contribution < 1.29 is 0 Å². The standard InChI is InChI=1S/C16H16ClN3/c1-16(2,3)12-7-5-4-6-11(12)13-10-14(17)20-15(19-13)8-9-18-20/h4-10H,1-3H3. The second-order valence-electron chi connectivity index (χ2n) is 5.86. The van der Waals surface area contributed by atoms with Gasteiger partial charge in [0.15, 0.2) is 5.65 Å². The number of hydrogen-bond acceptors (Lipinski definition) is 2. The number of hydrogen-bond donors (Lipinski definition) is 0. The summed E-state index contributed by atoms with van der Waals surface area (Å²) < 4.78 is 1.63. The Bertz CT molecular complexity index is 769. The molecule has 4 heteroatoms. The van der Waals surface area contributed by atoms with E-state index in [-0.39, 0.29) is 5.41 Å². The fourth-order valence-corrected chi connectivity index (χ4v) is 2.61. The summed E-state index contributed by atoms with van der Waals surface area (Å²) in [6, 6.07) is 12.0. The van der Waals surface area contributed by atoms with Crippen molar-refractivity contribution in [3.63, 3.8) is 0 Å². The minimum Gasteiger partial charge on any atom is -0.228 e. The van der Waals surface area contributed by atoms with Crippen LogP contribution in [0, 0.1) is 0 Å². The molecule has 0 aliphatic rings. The molecule has 0 aliphatic carbocycles. The lowest BCUT2D eigenvalue weighted by Crippen LogP contribution is -2.13. The smallest absolute Gasteiger partial charge is 0.157 e. The molecule has 0 atom stereocenters. The number of nitrogens with zero attached hydrogens (tertiary/aromatic N) is 3. The van der Waals surface area contributed by atoms with Crippen molar-refractivity contribution in [2.24, 2.45) is 0 Å². The molecule has 0 aliphatic heterocycles. The van der Waals surface area contributed by atoms with Crippen molar-refractivity contribution in [2.75, 3.05) is 0 Å². The molecule has 0 N–H and O–H groups in total. The molecule has 0 saturated carbocycles. The zero-order valence-electron chi connectivity index (χ0n) is 11.8. The number of halogens is 1. The Labute approximate surface area is 123 Å². The lowest BCUT2D eigenvalue weighted by Gasteiger charge is -2.22. The van der Waals surface area contributed by atoms with Crippen LogP contribution in [0.3, 0.4) is 0 Å². The highest BCUT2D eigenvalue weighted by atomic mass is 35.5. The molecule has 1 aromatic carbocycles. The van der Waals surface area contributed by atoms with Gasteiger partial charge in [0.05, 0.1) is 11.9 Å². The SMILES string of the molecule is CC(C)(C)c1ccccc1-c1cc(Cl)n2nccc2n1. The largest absolute Gasteiger partial charge is 0.228 e. The van der Waals surface area contributed by atoms with Crippen LogP contribution in [0.2, 0.25) is 5.15 Å². The number of rotatable bonds is 1. The Hall–Kier alpha value is -1.87. The fourth-order valence-electron chi connectivity index (χ4n) is 2.37. The Kier molecular flexibility index (Phi) is 3.02. The first-order valence-corrected chi connectivity index (χ1v) is 6.95. The van der Waals surface area contributed by atoms with E-state index in [1.807, 2.05) is 18.2 Å². The molecule has 3 rings (SSSR count). The summed E-state index contributed by atoms with van der Waals surface area (Å²) in [5, 5.41) is 4.71. The van der Waals surface area contributed by atoms with E-state index in [9.17, 15) is 0 Å². The van der Waals surface area contributed by atoms with Crippen LogP contribution >= 0.6 is 11.6 Å². The molecule has 0 radical (unpaired) electrons. The molecular weight excluding hydrogens is 270 g/mol. The predicted molar refractivity (Wildman–Crippen MR) is 82.1 cm³/mol. The normalized spacial score (nSPS) is 12.0. The lowest BCUT2D eigenvalue weighted by molar-refractivity contribution is 0.592. The first-order chi connectivity index (χ1) is 9.47. The maximum atomic E-state index is 6.28. The molecule has 3 nitrogen and oxygen atoms in total. The molecular formula is C16H16ClN3. The van der Waals surface area contributed by atoms with Crippen molar-refractivity contribution in [1.29, 1.82) is 0 Å². The maximum absolute atomic E-state index is 6.28. The van der Waals surface area contributed by atoms with Crippen LogP contribution in [-0.2, 0) is 5.41 Å². The van der Waals surface area contributed by atoms with E-state index in [0.717, 1.165) is 16.9 Å². The first-order valence-electron chi connectivity index (χ1n) is 6.57. The van der Waals surface area contributed by atoms with Gasteiger partial charge in [0.1, 0.15) is 5.15 Å². The summed E-state index contributed by atoms with van der Waals surface area (Å²) in [5.41, 5.74) is 4.07. The van der Waals surface area contributed by atoms with Gasteiger partial charge in [-0.1, -0.05) is 56.6 Å². The monoisotopic (exact) mass is 285 g/mol. The van der Waals surface area contributed by atoms with E-state index in [4.69, 9.17) is 11.6 Å². The average Bonchev–Trinajstić information content (AvgIpc) is 2.86. The summed E-state index contributed by atoms with van der Waals surface area (Å²) in [6.45, 7) is 6.60. The molecule has 0 spiro atoms. The molecule has 20 heavy (non-hydrogen) atoms. The van der Waals surface area contributed by atoms with Crippen molar-refractivity contribution in [3.05, 3.63) is 53.3 Å². The van der Waals surface area contributed by atoms with Gasteiger partial charge in [-0.15, -0.1) is 0 Å². The molecule has 2 heterocycles. The Balaban J connectivity index is 2.26.